The molecule has 2 aliphatic heterocycles. The van der Waals surface area contributed by atoms with Crippen molar-refractivity contribution in [1.82, 2.24) is 5.32 Å². The molecule has 1 aromatic carbocycles. The van der Waals surface area contributed by atoms with Gasteiger partial charge in [0.05, 0.1) is 5.60 Å². The van der Waals surface area contributed by atoms with Gasteiger partial charge in [-0.1, -0.05) is 30.3 Å². The van der Waals surface area contributed by atoms with E-state index in [4.69, 9.17) is 9.47 Å². The summed E-state index contributed by atoms with van der Waals surface area (Å²) in [5.41, 5.74) is 1.44. The smallest absolute Gasteiger partial charge is 0.0741 e. The average molecular weight is 275 g/mol. The van der Waals surface area contributed by atoms with Gasteiger partial charge in [-0.05, 0) is 38.2 Å². The maximum Gasteiger partial charge on any atom is 0.0741 e. The number of rotatable bonds is 3. The Morgan fingerprint density at radius 1 is 1.15 bits per heavy atom. The molecule has 3 rings (SSSR count). The number of hydrogen-bond acceptors (Lipinski definition) is 3. The second-order valence-electron chi connectivity index (χ2n) is 6.13. The molecule has 0 radical (unpaired) electrons. The predicted octanol–water partition coefficient (Wildman–Crippen LogP) is 3.07. The fraction of sp³-hybridized carbons (Fsp3) is 0.647. The summed E-state index contributed by atoms with van der Waals surface area (Å²) in [4.78, 5) is 0. The largest absolute Gasteiger partial charge is 0.381 e. The Hall–Kier alpha value is -0.900. The molecule has 0 saturated carbocycles. The van der Waals surface area contributed by atoms with Crippen molar-refractivity contribution in [2.75, 3.05) is 19.8 Å². The molecule has 1 unspecified atom stereocenters. The molecule has 2 heterocycles. The Morgan fingerprint density at radius 2 is 1.90 bits per heavy atom. The minimum absolute atomic E-state index is 0.0740. The molecule has 1 spiro atoms. The Kier molecular flexibility index (Phi) is 4.39. The molecule has 2 saturated heterocycles. The van der Waals surface area contributed by atoms with Crippen LogP contribution in [0.4, 0.5) is 0 Å². The first-order chi connectivity index (χ1) is 9.77. The molecule has 0 aliphatic carbocycles. The van der Waals surface area contributed by atoms with Crippen LogP contribution in [0.5, 0.6) is 0 Å². The lowest BCUT2D eigenvalue weighted by Gasteiger charge is -2.44. The molecule has 3 nitrogen and oxygen atoms in total. The summed E-state index contributed by atoms with van der Waals surface area (Å²) in [6.45, 7) is 4.82. The number of nitrogens with one attached hydrogen (secondary N) is 1. The van der Waals surface area contributed by atoms with Crippen LogP contribution < -0.4 is 5.32 Å². The van der Waals surface area contributed by atoms with Crippen LogP contribution in [0.15, 0.2) is 30.3 Å². The maximum absolute atomic E-state index is 6.10. The first-order valence-electron chi connectivity index (χ1n) is 7.80. The fourth-order valence-electron chi connectivity index (χ4n) is 3.45. The van der Waals surface area contributed by atoms with Gasteiger partial charge >= 0.3 is 0 Å². The van der Waals surface area contributed by atoms with E-state index in [0.717, 1.165) is 45.5 Å². The zero-order chi connectivity index (χ0) is 13.8. The van der Waals surface area contributed by atoms with Crippen LogP contribution in [0.3, 0.4) is 0 Å². The van der Waals surface area contributed by atoms with Gasteiger partial charge in [0.2, 0.25) is 0 Å². The van der Waals surface area contributed by atoms with Gasteiger partial charge in [0.15, 0.2) is 0 Å². The Morgan fingerprint density at radius 3 is 2.65 bits per heavy atom. The van der Waals surface area contributed by atoms with E-state index in [2.05, 4.69) is 42.6 Å². The van der Waals surface area contributed by atoms with Gasteiger partial charge in [-0.3, -0.25) is 0 Å². The summed E-state index contributed by atoms with van der Waals surface area (Å²) in [6.07, 6.45) is 4.32. The molecule has 110 valence electrons. The zero-order valence-corrected chi connectivity index (χ0v) is 12.3. The lowest BCUT2D eigenvalue weighted by atomic mass is 9.83. The van der Waals surface area contributed by atoms with Crippen LogP contribution in [0, 0.1) is 0 Å². The van der Waals surface area contributed by atoms with E-state index in [9.17, 15) is 0 Å². The van der Waals surface area contributed by atoms with Gasteiger partial charge in [0, 0.05) is 31.9 Å². The monoisotopic (exact) mass is 275 g/mol. The van der Waals surface area contributed by atoms with E-state index in [1.165, 1.54) is 5.56 Å². The summed E-state index contributed by atoms with van der Waals surface area (Å²) in [5.74, 6) is 0. The van der Waals surface area contributed by atoms with Crippen molar-refractivity contribution in [2.45, 2.75) is 50.3 Å². The summed E-state index contributed by atoms with van der Waals surface area (Å²) in [7, 11) is 0. The molecule has 2 atom stereocenters. The molecule has 20 heavy (non-hydrogen) atoms. The third-order valence-corrected chi connectivity index (χ3v) is 4.68. The fourth-order valence-corrected chi connectivity index (χ4v) is 3.45. The quantitative estimate of drug-likeness (QED) is 0.919. The van der Waals surface area contributed by atoms with Gasteiger partial charge in [-0.15, -0.1) is 0 Å². The Balaban J connectivity index is 1.60. The molecule has 2 aliphatic rings. The van der Waals surface area contributed by atoms with Gasteiger partial charge in [0.25, 0.3) is 0 Å². The molecule has 1 N–H and O–H groups in total. The third-order valence-electron chi connectivity index (χ3n) is 4.68. The molecular formula is C17H25NO2. The van der Waals surface area contributed by atoms with Crippen molar-refractivity contribution < 1.29 is 9.47 Å². The summed E-state index contributed by atoms with van der Waals surface area (Å²) in [5, 5.41) is 3.79. The zero-order valence-electron chi connectivity index (χ0n) is 12.3. The SMILES string of the molecule is C[C@H](NC1CCOC2(CCOCC2)C1)c1ccccc1. The van der Waals surface area contributed by atoms with Crippen molar-refractivity contribution in [3.63, 3.8) is 0 Å². The van der Waals surface area contributed by atoms with Crippen molar-refractivity contribution >= 4 is 0 Å². The summed E-state index contributed by atoms with van der Waals surface area (Å²) >= 11 is 0. The highest BCUT2D eigenvalue weighted by Gasteiger charge is 2.39. The standard InChI is InChI=1S/C17H25NO2/c1-14(15-5-3-2-4-6-15)18-16-7-10-20-17(13-16)8-11-19-12-9-17/h2-6,14,16,18H,7-13H2,1H3/t14-,16?/m0/s1. The molecule has 0 aromatic heterocycles. The third kappa shape index (κ3) is 3.22. The van der Waals surface area contributed by atoms with E-state index in [1.807, 2.05) is 0 Å². The van der Waals surface area contributed by atoms with E-state index in [1.54, 1.807) is 0 Å². The van der Waals surface area contributed by atoms with Gasteiger partial charge in [-0.2, -0.15) is 0 Å². The van der Waals surface area contributed by atoms with Crippen molar-refractivity contribution in [3.05, 3.63) is 35.9 Å². The highest BCUT2D eigenvalue weighted by Crippen LogP contribution is 2.34. The maximum atomic E-state index is 6.10. The van der Waals surface area contributed by atoms with Crippen LogP contribution in [-0.4, -0.2) is 31.5 Å². The number of hydrogen-bond donors (Lipinski definition) is 1. The molecule has 3 heteroatoms. The van der Waals surface area contributed by atoms with E-state index in [-0.39, 0.29) is 5.60 Å². The molecule has 2 fully saturated rings. The second kappa shape index (κ2) is 6.25. The second-order valence-corrected chi connectivity index (χ2v) is 6.13. The van der Waals surface area contributed by atoms with Crippen molar-refractivity contribution in [3.8, 4) is 0 Å². The predicted molar refractivity (Wildman–Crippen MR) is 79.8 cm³/mol. The minimum Gasteiger partial charge on any atom is -0.381 e. The highest BCUT2D eigenvalue weighted by atomic mass is 16.5. The van der Waals surface area contributed by atoms with Gasteiger partial charge in [0.1, 0.15) is 0 Å². The van der Waals surface area contributed by atoms with Crippen LogP contribution in [-0.2, 0) is 9.47 Å². The Labute approximate surface area is 121 Å². The Bertz CT molecular complexity index is 409. The molecule has 1 aromatic rings. The van der Waals surface area contributed by atoms with Gasteiger partial charge < -0.3 is 14.8 Å². The van der Waals surface area contributed by atoms with E-state index < -0.39 is 0 Å². The van der Waals surface area contributed by atoms with Crippen LogP contribution in [0.2, 0.25) is 0 Å². The number of ether oxygens (including phenoxy) is 2. The van der Waals surface area contributed by atoms with E-state index in [0.29, 0.717) is 12.1 Å². The van der Waals surface area contributed by atoms with Crippen LogP contribution in [0.1, 0.15) is 44.2 Å². The van der Waals surface area contributed by atoms with Crippen LogP contribution >= 0.6 is 0 Å². The minimum atomic E-state index is 0.0740. The summed E-state index contributed by atoms with van der Waals surface area (Å²) < 4.78 is 11.6. The molecular weight excluding hydrogens is 250 g/mol. The van der Waals surface area contributed by atoms with Crippen molar-refractivity contribution in [2.24, 2.45) is 0 Å². The van der Waals surface area contributed by atoms with Gasteiger partial charge in [-0.25, -0.2) is 0 Å². The highest BCUT2D eigenvalue weighted by molar-refractivity contribution is 5.18. The van der Waals surface area contributed by atoms with E-state index >= 15 is 0 Å². The van der Waals surface area contributed by atoms with Crippen molar-refractivity contribution in [1.29, 1.82) is 0 Å². The molecule has 0 bridgehead atoms. The first kappa shape index (κ1) is 14.1. The molecule has 0 amide bonds. The lowest BCUT2D eigenvalue weighted by molar-refractivity contribution is -0.140. The normalized spacial score (nSPS) is 27.4. The average Bonchev–Trinajstić information content (AvgIpc) is 2.49. The summed E-state index contributed by atoms with van der Waals surface area (Å²) in [6, 6.07) is 11.6. The first-order valence-corrected chi connectivity index (χ1v) is 7.80. The lowest BCUT2D eigenvalue weighted by Crippen LogP contribution is -2.50. The number of benzene rings is 1. The van der Waals surface area contributed by atoms with Crippen LogP contribution in [0.25, 0.3) is 0 Å². The topological polar surface area (TPSA) is 30.5 Å².